The lowest BCUT2D eigenvalue weighted by molar-refractivity contribution is -0.138. The summed E-state index contributed by atoms with van der Waals surface area (Å²) >= 11 is 0. The van der Waals surface area contributed by atoms with Gasteiger partial charge in [-0.05, 0) is 37.8 Å². The molecule has 114 valence electrons. The number of hydrogen-bond donors (Lipinski definition) is 1. The van der Waals surface area contributed by atoms with Crippen LogP contribution in [0, 0.1) is 0 Å². The van der Waals surface area contributed by atoms with Crippen LogP contribution in [0.2, 0.25) is 0 Å². The molecule has 1 aromatic rings. The van der Waals surface area contributed by atoms with Crippen LogP contribution in [0.4, 0.5) is 13.2 Å². The topological polar surface area (TPSA) is 40.5 Å². The summed E-state index contributed by atoms with van der Waals surface area (Å²) in [5.41, 5.74) is -1.18. The molecule has 2 unspecified atom stereocenters. The molecule has 3 rings (SSSR count). The van der Waals surface area contributed by atoms with E-state index in [4.69, 9.17) is 0 Å². The first-order chi connectivity index (χ1) is 9.88. The third-order valence-corrected chi connectivity index (χ3v) is 4.41. The lowest BCUT2D eigenvalue weighted by atomic mass is 9.97. The number of carbonyl (C=O) groups is 1. The lowest BCUT2D eigenvalue weighted by Crippen LogP contribution is -2.48. The molecule has 0 spiro atoms. The van der Waals surface area contributed by atoms with E-state index in [9.17, 15) is 23.1 Å². The Hall–Kier alpha value is -1.56. The maximum absolute atomic E-state index is 13.0. The normalized spacial score (nSPS) is 28.8. The number of hydrogen-bond acceptors (Lipinski definition) is 2. The van der Waals surface area contributed by atoms with Gasteiger partial charge in [-0.15, -0.1) is 0 Å². The van der Waals surface area contributed by atoms with Gasteiger partial charge in [0.2, 0.25) is 0 Å². The van der Waals surface area contributed by atoms with Crippen LogP contribution < -0.4 is 0 Å². The molecular formula is C15H16F3NO2. The highest BCUT2D eigenvalue weighted by molar-refractivity contribution is 5.96. The van der Waals surface area contributed by atoms with Gasteiger partial charge in [0.25, 0.3) is 5.91 Å². The Labute approximate surface area is 120 Å². The van der Waals surface area contributed by atoms with Crippen LogP contribution in [0.1, 0.15) is 41.6 Å². The summed E-state index contributed by atoms with van der Waals surface area (Å²) in [4.78, 5) is 14.1. The zero-order valence-corrected chi connectivity index (χ0v) is 11.3. The van der Waals surface area contributed by atoms with E-state index < -0.39 is 23.8 Å². The van der Waals surface area contributed by atoms with Crippen molar-refractivity contribution < 1.29 is 23.1 Å². The molecule has 2 heterocycles. The number of benzene rings is 1. The predicted molar refractivity (Wildman–Crippen MR) is 69.7 cm³/mol. The van der Waals surface area contributed by atoms with Gasteiger partial charge in [-0.2, -0.15) is 13.2 Å². The smallest absolute Gasteiger partial charge is 0.393 e. The lowest BCUT2D eigenvalue weighted by Gasteiger charge is -2.37. The van der Waals surface area contributed by atoms with Crippen molar-refractivity contribution in [2.24, 2.45) is 0 Å². The zero-order valence-electron chi connectivity index (χ0n) is 11.3. The van der Waals surface area contributed by atoms with E-state index in [0.717, 1.165) is 18.9 Å². The molecular weight excluding hydrogens is 283 g/mol. The molecule has 1 aromatic carbocycles. The van der Waals surface area contributed by atoms with Crippen LogP contribution in [-0.2, 0) is 6.18 Å². The van der Waals surface area contributed by atoms with Gasteiger partial charge in [-0.3, -0.25) is 4.79 Å². The molecule has 2 saturated heterocycles. The molecule has 6 heteroatoms. The summed E-state index contributed by atoms with van der Waals surface area (Å²) in [6, 6.07) is 4.61. The van der Waals surface area contributed by atoms with Crippen molar-refractivity contribution in [3.8, 4) is 0 Å². The molecule has 21 heavy (non-hydrogen) atoms. The fraction of sp³-hybridized carbons (Fsp3) is 0.533. The van der Waals surface area contributed by atoms with Gasteiger partial charge in [0, 0.05) is 12.1 Å². The molecule has 1 N–H and O–H groups in total. The second kappa shape index (κ2) is 5.02. The first kappa shape index (κ1) is 14.4. The van der Waals surface area contributed by atoms with Crippen LogP contribution in [0.3, 0.4) is 0 Å². The van der Waals surface area contributed by atoms with Gasteiger partial charge in [-0.1, -0.05) is 12.1 Å². The summed E-state index contributed by atoms with van der Waals surface area (Å²) in [6.07, 6.45) is -2.58. The summed E-state index contributed by atoms with van der Waals surface area (Å²) < 4.78 is 39.1. The van der Waals surface area contributed by atoms with E-state index >= 15 is 0 Å². The Morgan fingerprint density at radius 2 is 1.71 bits per heavy atom. The van der Waals surface area contributed by atoms with Crippen molar-refractivity contribution in [1.82, 2.24) is 4.90 Å². The molecule has 2 aliphatic rings. The molecule has 1 amide bonds. The third kappa shape index (κ3) is 2.52. The Kier molecular flexibility index (Phi) is 3.43. The molecule has 2 bridgehead atoms. The number of amides is 1. The van der Waals surface area contributed by atoms with Crippen molar-refractivity contribution in [3.63, 3.8) is 0 Å². The van der Waals surface area contributed by atoms with Gasteiger partial charge < -0.3 is 10.0 Å². The van der Waals surface area contributed by atoms with E-state index in [1.807, 2.05) is 0 Å². The van der Waals surface area contributed by atoms with Crippen LogP contribution in [-0.4, -0.2) is 34.1 Å². The molecule has 2 aliphatic heterocycles. The zero-order chi connectivity index (χ0) is 15.2. The molecule has 0 aliphatic carbocycles. The fourth-order valence-corrected chi connectivity index (χ4v) is 3.54. The fourth-order valence-electron chi connectivity index (χ4n) is 3.54. The average Bonchev–Trinajstić information content (AvgIpc) is 2.69. The van der Waals surface area contributed by atoms with Crippen molar-refractivity contribution in [3.05, 3.63) is 35.4 Å². The minimum atomic E-state index is -4.54. The number of fused-ring (bicyclic) bond motifs is 2. The molecule has 3 nitrogen and oxygen atoms in total. The SMILES string of the molecule is O=C(c1ccccc1C(F)(F)F)N1C2CCC1CC(O)C2. The molecule has 0 saturated carbocycles. The van der Waals surface area contributed by atoms with Crippen LogP contribution >= 0.6 is 0 Å². The quantitative estimate of drug-likeness (QED) is 0.866. The second-order valence-corrected chi connectivity index (χ2v) is 5.77. The molecule has 0 aromatic heterocycles. The Morgan fingerprint density at radius 1 is 1.14 bits per heavy atom. The number of aliphatic hydroxyl groups is 1. The monoisotopic (exact) mass is 299 g/mol. The maximum atomic E-state index is 13.0. The highest BCUT2D eigenvalue weighted by Gasteiger charge is 2.45. The predicted octanol–water partition coefficient (Wildman–Crippen LogP) is 2.83. The standard InChI is InChI=1S/C15H16F3NO2/c16-15(17,18)13-4-2-1-3-12(13)14(21)19-9-5-6-10(19)8-11(20)7-9/h1-4,9-11,20H,5-8H2. The van der Waals surface area contributed by atoms with Crippen molar-refractivity contribution in [1.29, 1.82) is 0 Å². The summed E-state index contributed by atoms with van der Waals surface area (Å²) in [6.45, 7) is 0. The van der Waals surface area contributed by atoms with E-state index in [1.54, 1.807) is 4.90 Å². The number of rotatable bonds is 1. The Balaban J connectivity index is 1.94. The van der Waals surface area contributed by atoms with Crippen LogP contribution in [0.5, 0.6) is 0 Å². The van der Waals surface area contributed by atoms with Crippen LogP contribution in [0.25, 0.3) is 0 Å². The van der Waals surface area contributed by atoms with E-state index in [1.165, 1.54) is 18.2 Å². The van der Waals surface area contributed by atoms with Crippen molar-refractivity contribution in [2.75, 3.05) is 0 Å². The summed E-state index contributed by atoms with van der Waals surface area (Å²) in [5.74, 6) is -0.567. The van der Waals surface area contributed by atoms with Crippen LogP contribution in [0.15, 0.2) is 24.3 Å². The number of piperidine rings is 1. The van der Waals surface area contributed by atoms with Gasteiger partial charge >= 0.3 is 6.18 Å². The first-order valence-electron chi connectivity index (χ1n) is 7.05. The molecule has 2 fully saturated rings. The Bertz CT molecular complexity index is 544. The Morgan fingerprint density at radius 3 is 2.29 bits per heavy atom. The van der Waals surface area contributed by atoms with E-state index in [2.05, 4.69) is 0 Å². The first-order valence-corrected chi connectivity index (χ1v) is 7.05. The minimum absolute atomic E-state index is 0.146. The number of carbonyl (C=O) groups excluding carboxylic acids is 1. The van der Waals surface area contributed by atoms with Gasteiger partial charge in [0.05, 0.1) is 17.2 Å². The van der Waals surface area contributed by atoms with Crippen molar-refractivity contribution >= 4 is 5.91 Å². The minimum Gasteiger partial charge on any atom is -0.393 e. The number of nitrogens with zero attached hydrogens (tertiary/aromatic N) is 1. The van der Waals surface area contributed by atoms with Crippen molar-refractivity contribution in [2.45, 2.75) is 50.0 Å². The summed E-state index contributed by atoms with van der Waals surface area (Å²) in [7, 11) is 0. The van der Waals surface area contributed by atoms with E-state index in [0.29, 0.717) is 12.8 Å². The van der Waals surface area contributed by atoms with Gasteiger partial charge in [-0.25, -0.2) is 0 Å². The largest absolute Gasteiger partial charge is 0.417 e. The molecule has 2 atom stereocenters. The third-order valence-electron chi connectivity index (χ3n) is 4.41. The summed E-state index contributed by atoms with van der Waals surface area (Å²) in [5, 5.41) is 9.73. The van der Waals surface area contributed by atoms with E-state index in [-0.39, 0.29) is 17.6 Å². The highest BCUT2D eigenvalue weighted by atomic mass is 19.4. The maximum Gasteiger partial charge on any atom is 0.417 e. The number of alkyl halides is 3. The van der Waals surface area contributed by atoms with Gasteiger partial charge in [0.1, 0.15) is 0 Å². The number of aliphatic hydroxyl groups excluding tert-OH is 1. The molecule has 0 radical (unpaired) electrons. The number of halogens is 3. The average molecular weight is 299 g/mol. The van der Waals surface area contributed by atoms with Gasteiger partial charge in [0.15, 0.2) is 0 Å². The highest BCUT2D eigenvalue weighted by Crippen LogP contribution is 2.39. The second-order valence-electron chi connectivity index (χ2n) is 5.77.